The summed E-state index contributed by atoms with van der Waals surface area (Å²) in [6.45, 7) is -0.136. The zero-order valence-electron chi connectivity index (χ0n) is 21.3. The van der Waals surface area contributed by atoms with Gasteiger partial charge in [-0.1, -0.05) is 17.7 Å². The average molecular weight is 619 g/mol. The predicted molar refractivity (Wildman–Crippen MR) is 149 cm³/mol. The third-order valence-electron chi connectivity index (χ3n) is 5.54. The third kappa shape index (κ3) is 7.43. The first-order valence-electron chi connectivity index (χ1n) is 11.7. The summed E-state index contributed by atoms with van der Waals surface area (Å²) in [5.74, 6) is -0.745. The molecule has 41 heavy (non-hydrogen) atoms. The van der Waals surface area contributed by atoms with Gasteiger partial charge in [0.15, 0.2) is 0 Å². The fourth-order valence-corrected chi connectivity index (χ4v) is 6.06. The Morgan fingerprint density at radius 3 is 2.15 bits per heavy atom. The molecule has 1 heterocycles. The number of nitrogens with one attached hydrogen (secondary N) is 4. The zero-order valence-corrected chi connectivity index (χ0v) is 23.6. The highest BCUT2D eigenvalue weighted by Gasteiger charge is 2.21. The van der Waals surface area contributed by atoms with E-state index < -0.39 is 31.9 Å². The van der Waals surface area contributed by atoms with Crippen molar-refractivity contribution in [2.24, 2.45) is 0 Å². The Bertz CT molecular complexity index is 1780. The van der Waals surface area contributed by atoms with E-state index in [1.54, 1.807) is 24.3 Å². The molecule has 12 nitrogen and oxygen atoms in total. The molecule has 0 fully saturated rings. The minimum atomic E-state index is -4.12. The van der Waals surface area contributed by atoms with E-state index in [-0.39, 0.29) is 38.2 Å². The summed E-state index contributed by atoms with van der Waals surface area (Å²) in [6, 6.07) is 18.1. The number of methoxy groups -OCH3 is 1. The number of anilines is 1. The number of carbonyl (C=O) groups is 2. The van der Waals surface area contributed by atoms with Gasteiger partial charge in [-0.15, -0.1) is 0 Å². The maximum Gasteiger partial charge on any atom is 0.269 e. The number of hydrogen-bond acceptors (Lipinski definition) is 8. The molecule has 3 aromatic carbocycles. The molecule has 4 aromatic rings. The van der Waals surface area contributed by atoms with Crippen LogP contribution in [0.5, 0.6) is 5.75 Å². The van der Waals surface area contributed by atoms with Gasteiger partial charge in [-0.05, 0) is 72.8 Å². The fraction of sp³-hybridized carbons (Fsp3) is 0.0769. The van der Waals surface area contributed by atoms with E-state index >= 15 is 0 Å². The number of furan rings is 1. The Balaban J connectivity index is 1.42. The van der Waals surface area contributed by atoms with Crippen LogP contribution < -0.4 is 25.0 Å². The Labute approximate surface area is 240 Å². The van der Waals surface area contributed by atoms with Crippen LogP contribution in [0.3, 0.4) is 0 Å². The minimum Gasteiger partial charge on any atom is -0.497 e. The molecule has 4 N–H and O–H groups in total. The fourth-order valence-electron chi connectivity index (χ4n) is 3.44. The van der Waals surface area contributed by atoms with Crippen LogP contribution in [0, 0.1) is 0 Å². The summed E-state index contributed by atoms with van der Waals surface area (Å²) >= 11 is 6.07. The SMILES string of the molecule is COc1ccc(NS(=O)(=O)c2cccc(C(=O)NNC(=O)c3ccc(Cl)c(S(=O)(=O)NCc4ccco4)c3)c2)cc1. The van der Waals surface area contributed by atoms with Crippen molar-refractivity contribution in [1.29, 1.82) is 0 Å². The second-order valence-electron chi connectivity index (χ2n) is 8.32. The van der Waals surface area contributed by atoms with E-state index in [1.165, 1.54) is 55.8 Å². The van der Waals surface area contributed by atoms with Crippen LogP contribution in [-0.2, 0) is 26.6 Å². The molecule has 0 saturated carbocycles. The molecule has 0 saturated heterocycles. The number of halogens is 1. The maximum atomic E-state index is 12.8. The molecule has 0 unspecified atom stereocenters. The van der Waals surface area contributed by atoms with Gasteiger partial charge < -0.3 is 9.15 Å². The summed E-state index contributed by atoms with van der Waals surface area (Å²) < 4.78 is 66.0. The summed E-state index contributed by atoms with van der Waals surface area (Å²) in [4.78, 5) is 24.8. The van der Waals surface area contributed by atoms with Crippen LogP contribution >= 0.6 is 11.6 Å². The summed E-state index contributed by atoms with van der Waals surface area (Å²) in [5, 5.41) is -0.126. The lowest BCUT2D eigenvalue weighted by atomic mass is 10.2. The van der Waals surface area contributed by atoms with Crippen molar-refractivity contribution in [2.45, 2.75) is 16.3 Å². The van der Waals surface area contributed by atoms with Gasteiger partial charge in [-0.25, -0.2) is 21.6 Å². The van der Waals surface area contributed by atoms with E-state index in [1.807, 2.05) is 0 Å². The van der Waals surface area contributed by atoms with Gasteiger partial charge in [0.2, 0.25) is 10.0 Å². The van der Waals surface area contributed by atoms with E-state index in [4.69, 9.17) is 20.8 Å². The van der Waals surface area contributed by atoms with Crippen LogP contribution in [-0.4, -0.2) is 35.8 Å². The Morgan fingerprint density at radius 1 is 0.829 bits per heavy atom. The highest BCUT2D eigenvalue weighted by molar-refractivity contribution is 7.92. The number of ether oxygens (including phenoxy) is 1. The lowest BCUT2D eigenvalue weighted by molar-refractivity contribution is 0.0846. The second-order valence-corrected chi connectivity index (χ2v) is 12.1. The molecule has 0 radical (unpaired) electrons. The van der Waals surface area contributed by atoms with Crippen LogP contribution in [0.1, 0.15) is 26.5 Å². The molecule has 0 atom stereocenters. The minimum absolute atomic E-state index is 0.0654. The van der Waals surface area contributed by atoms with Crippen molar-refractivity contribution in [2.75, 3.05) is 11.8 Å². The zero-order chi connectivity index (χ0) is 29.6. The quantitative estimate of drug-likeness (QED) is 0.196. The van der Waals surface area contributed by atoms with Crippen LogP contribution in [0.2, 0.25) is 5.02 Å². The smallest absolute Gasteiger partial charge is 0.269 e. The van der Waals surface area contributed by atoms with Crippen molar-refractivity contribution in [1.82, 2.24) is 15.6 Å². The van der Waals surface area contributed by atoms with Gasteiger partial charge in [-0.3, -0.25) is 25.2 Å². The number of amides is 2. The highest BCUT2D eigenvalue weighted by atomic mass is 35.5. The van der Waals surface area contributed by atoms with Gasteiger partial charge >= 0.3 is 0 Å². The molecule has 0 aliphatic rings. The van der Waals surface area contributed by atoms with Gasteiger partial charge in [0.25, 0.3) is 21.8 Å². The van der Waals surface area contributed by atoms with Crippen molar-refractivity contribution in [3.63, 3.8) is 0 Å². The molecule has 2 amide bonds. The maximum absolute atomic E-state index is 12.8. The van der Waals surface area contributed by atoms with Crippen molar-refractivity contribution in [3.8, 4) is 5.75 Å². The normalized spacial score (nSPS) is 11.5. The molecule has 0 spiro atoms. The Morgan fingerprint density at radius 2 is 1.51 bits per heavy atom. The molecule has 0 bridgehead atoms. The van der Waals surface area contributed by atoms with Gasteiger partial charge in [-0.2, -0.15) is 0 Å². The molecule has 214 valence electrons. The van der Waals surface area contributed by atoms with Crippen LogP contribution in [0.25, 0.3) is 0 Å². The number of benzene rings is 3. The highest BCUT2D eigenvalue weighted by Crippen LogP contribution is 2.23. The number of sulfonamides is 2. The molecule has 0 aliphatic heterocycles. The first kappa shape index (κ1) is 29.6. The molecular weight excluding hydrogens is 596 g/mol. The third-order valence-corrected chi connectivity index (χ3v) is 8.80. The number of carbonyl (C=O) groups excluding carboxylic acids is 2. The number of hydrogen-bond donors (Lipinski definition) is 4. The first-order valence-corrected chi connectivity index (χ1v) is 15.0. The van der Waals surface area contributed by atoms with Gasteiger partial charge in [0.1, 0.15) is 16.4 Å². The van der Waals surface area contributed by atoms with E-state index in [2.05, 4.69) is 20.3 Å². The van der Waals surface area contributed by atoms with Crippen molar-refractivity contribution >= 4 is 49.1 Å². The predicted octanol–water partition coefficient (Wildman–Crippen LogP) is 3.30. The van der Waals surface area contributed by atoms with E-state index in [0.717, 1.165) is 12.1 Å². The van der Waals surface area contributed by atoms with E-state index in [0.29, 0.717) is 11.5 Å². The van der Waals surface area contributed by atoms with Gasteiger partial charge in [0.05, 0.1) is 29.8 Å². The molecule has 1 aromatic heterocycles. The topological polar surface area (TPSA) is 173 Å². The second kappa shape index (κ2) is 12.4. The summed E-state index contributed by atoms with van der Waals surface area (Å²) in [7, 11) is -6.68. The van der Waals surface area contributed by atoms with Crippen molar-refractivity contribution < 1.29 is 35.6 Å². The van der Waals surface area contributed by atoms with E-state index in [9.17, 15) is 26.4 Å². The van der Waals surface area contributed by atoms with Crippen LogP contribution in [0.4, 0.5) is 5.69 Å². The first-order chi connectivity index (χ1) is 19.5. The Kier molecular flexibility index (Phi) is 8.98. The largest absolute Gasteiger partial charge is 0.497 e. The number of hydrazine groups is 1. The standard InChI is InChI=1S/C26H23ClN4O8S2/c1-38-20-10-8-19(9-11-20)31-40(34,35)22-6-2-4-17(14-22)25(32)29-30-26(33)18-7-12-23(27)24(15-18)41(36,37)28-16-21-5-3-13-39-21/h2-15,28,31H,16H2,1H3,(H,29,32)(H,30,33). The lowest BCUT2D eigenvalue weighted by Crippen LogP contribution is -2.41. The summed E-state index contributed by atoms with van der Waals surface area (Å²) in [6.07, 6.45) is 1.39. The van der Waals surface area contributed by atoms with Gasteiger partial charge in [0, 0.05) is 16.8 Å². The molecular formula is C26H23ClN4O8S2. The monoisotopic (exact) mass is 618 g/mol. The van der Waals surface area contributed by atoms with Crippen LogP contribution in [0.15, 0.2) is 99.3 Å². The summed E-state index contributed by atoms with van der Waals surface area (Å²) in [5.41, 5.74) is 4.45. The molecule has 15 heteroatoms. The Hall–Kier alpha value is -4.37. The molecule has 0 aliphatic carbocycles. The van der Waals surface area contributed by atoms with Crippen molar-refractivity contribution in [3.05, 3.63) is 107 Å². The lowest BCUT2D eigenvalue weighted by Gasteiger charge is -2.12. The number of rotatable bonds is 10. The average Bonchev–Trinajstić information content (AvgIpc) is 3.49. The molecule has 4 rings (SSSR count).